The zero-order chi connectivity index (χ0) is 19.4. The van der Waals surface area contributed by atoms with Crippen molar-refractivity contribution in [3.63, 3.8) is 0 Å². The van der Waals surface area contributed by atoms with Gasteiger partial charge in [0.2, 0.25) is 5.91 Å². The van der Waals surface area contributed by atoms with Gasteiger partial charge in [-0.1, -0.05) is 24.3 Å². The maximum Gasteiger partial charge on any atom is 0.317 e. The van der Waals surface area contributed by atoms with Crippen LogP contribution >= 0.6 is 0 Å². The Morgan fingerprint density at radius 1 is 1.26 bits per heavy atom. The smallest absolute Gasteiger partial charge is 0.317 e. The summed E-state index contributed by atoms with van der Waals surface area (Å²) in [6, 6.07) is 11.6. The van der Waals surface area contributed by atoms with E-state index in [0.717, 1.165) is 22.1 Å². The zero-order valence-corrected chi connectivity index (χ0v) is 15.6. The number of nitrogens with one attached hydrogen (secondary N) is 2. The molecule has 144 valence electrons. The second-order valence-electron chi connectivity index (χ2n) is 6.79. The summed E-state index contributed by atoms with van der Waals surface area (Å²) in [5.41, 5.74) is 0.931. The number of likely N-dealkylation sites (tertiary alicyclic amines) is 1. The fraction of sp³-hybridized carbons (Fsp3) is 0.400. The van der Waals surface area contributed by atoms with Crippen LogP contribution in [0, 0.1) is 5.92 Å². The van der Waals surface area contributed by atoms with Crippen LogP contribution in [-0.2, 0) is 11.3 Å². The average Bonchev–Trinajstić information content (AvgIpc) is 3.05. The molecule has 7 heteroatoms. The van der Waals surface area contributed by atoms with Gasteiger partial charge in [-0.15, -0.1) is 0 Å². The molecule has 1 heterocycles. The van der Waals surface area contributed by atoms with Crippen molar-refractivity contribution in [2.24, 2.45) is 5.92 Å². The number of ether oxygens (including phenoxy) is 1. The van der Waals surface area contributed by atoms with Crippen molar-refractivity contribution in [2.45, 2.75) is 19.1 Å². The van der Waals surface area contributed by atoms with Crippen LogP contribution in [0.15, 0.2) is 36.4 Å². The molecule has 1 fully saturated rings. The molecule has 0 spiro atoms. The molecule has 3 amide bonds. The number of benzene rings is 2. The van der Waals surface area contributed by atoms with Crippen LogP contribution in [0.2, 0.25) is 0 Å². The van der Waals surface area contributed by atoms with Crippen molar-refractivity contribution in [1.82, 2.24) is 15.5 Å². The largest absolute Gasteiger partial charge is 0.496 e. The minimum absolute atomic E-state index is 0.135. The van der Waals surface area contributed by atoms with Gasteiger partial charge in [0.15, 0.2) is 0 Å². The fourth-order valence-electron chi connectivity index (χ4n) is 3.46. The van der Waals surface area contributed by atoms with Gasteiger partial charge < -0.3 is 25.4 Å². The number of hydrogen-bond acceptors (Lipinski definition) is 4. The molecule has 0 aromatic heterocycles. The van der Waals surface area contributed by atoms with Crippen molar-refractivity contribution < 1.29 is 19.4 Å². The van der Waals surface area contributed by atoms with Crippen molar-refractivity contribution in [1.29, 1.82) is 0 Å². The third-order valence-electron chi connectivity index (χ3n) is 4.97. The molecule has 2 atom stereocenters. The molecule has 1 aliphatic heterocycles. The predicted molar refractivity (Wildman–Crippen MR) is 102 cm³/mol. The summed E-state index contributed by atoms with van der Waals surface area (Å²) < 4.78 is 5.46. The van der Waals surface area contributed by atoms with Crippen LogP contribution in [0.4, 0.5) is 4.79 Å². The van der Waals surface area contributed by atoms with E-state index >= 15 is 0 Å². The highest BCUT2D eigenvalue weighted by molar-refractivity contribution is 5.89. The molecule has 1 aliphatic rings. The fourth-order valence-corrected chi connectivity index (χ4v) is 3.46. The molecule has 27 heavy (non-hydrogen) atoms. The van der Waals surface area contributed by atoms with Crippen LogP contribution in [0.1, 0.15) is 12.0 Å². The van der Waals surface area contributed by atoms with Crippen molar-refractivity contribution >= 4 is 22.7 Å². The lowest BCUT2D eigenvalue weighted by atomic mass is 10.0. The molecule has 0 bridgehead atoms. The monoisotopic (exact) mass is 371 g/mol. The third-order valence-corrected chi connectivity index (χ3v) is 4.97. The summed E-state index contributed by atoms with van der Waals surface area (Å²) in [5, 5.41) is 17.6. The Morgan fingerprint density at radius 2 is 2.04 bits per heavy atom. The van der Waals surface area contributed by atoms with Gasteiger partial charge in [0.05, 0.1) is 13.2 Å². The molecular formula is C20H25N3O4. The normalized spacial score (nSPS) is 19.1. The minimum atomic E-state index is -0.686. The van der Waals surface area contributed by atoms with Gasteiger partial charge in [0.1, 0.15) is 5.75 Å². The lowest BCUT2D eigenvalue weighted by Gasteiger charge is -2.17. The van der Waals surface area contributed by atoms with Gasteiger partial charge in [-0.05, 0) is 23.1 Å². The van der Waals surface area contributed by atoms with Crippen LogP contribution < -0.4 is 15.4 Å². The van der Waals surface area contributed by atoms with E-state index in [2.05, 4.69) is 10.6 Å². The van der Waals surface area contributed by atoms with Crippen LogP contribution in [0.25, 0.3) is 10.8 Å². The number of aliphatic hydroxyl groups excluding tert-OH is 1. The highest BCUT2D eigenvalue weighted by Crippen LogP contribution is 2.27. The van der Waals surface area contributed by atoms with Crippen molar-refractivity contribution in [3.05, 3.63) is 42.0 Å². The Labute approximate surface area is 158 Å². The number of amides is 3. The second kappa shape index (κ2) is 8.26. The van der Waals surface area contributed by atoms with Crippen LogP contribution in [-0.4, -0.2) is 55.3 Å². The maximum atomic E-state index is 12.5. The second-order valence-corrected chi connectivity index (χ2v) is 6.79. The Kier molecular flexibility index (Phi) is 5.81. The number of carbonyl (C=O) groups is 2. The van der Waals surface area contributed by atoms with E-state index in [1.807, 2.05) is 36.4 Å². The van der Waals surface area contributed by atoms with Gasteiger partial charge in [0.25, 0.3) is 0 Å². The van der Waals surface area contributed by atoms with Crippen molar-refractivity contribution in [3.8, 4) is 5.75 Å². The first kappa shape index (κ1) is 19.0. The average molecular weight is 371 g/mol. The maximum absolute atomic E-state index is 12.5. The van der Waals surface area contributed by atoms with Gasteiger partial charge in [-0.3, -0.25) is 4.79 Å². The SMILES string of the molecule is CNC(=O)C[C@@H]1CN(C(=O)NCc2cc(OC)c3ccccc3c2)C[C@H]1O. The van der Waals surface area contributed by atoms with E-state index in [4.69, 9.17) is 4.74 Å². The number of nitrogens with zero attached hydrogens (tertiary/aromatic N) is 1. The van der Waals surface area contributed by atoms with Gasteiger partial charge in [-0.2, -0.15) is 0 Å². The van der Waals surface area contributed by atoms with E-state index in [1.165, 1.54) is 0 Å². The quantitative estimate of drug-likeness (QED) is 0.743. The number of aliphatic hydroxyl groups is 1. The summed E-state index contributed by atoms with van der Waals surface area (Å²) in [6.07, 6.45) is -0.475. The van der Waals surface area contributed by atoms with E-state index in [-0.39, 0.29) is 30.8 Å². The Morgan fingerprint density at radius 3 is 2.78 bits per heavy atom. The molecule has 2 aromatic carbocycles. The van der Waals surface area contributed by atoms with Gasteiger partial charge in [0, 0.05) is 44.4 Å². The molecular weight excluding hydrogens is 346 g/mol. The highest BCUT2D eigenvalue weighted by Gasteiger charge is 2.35. The molecule has 0 saturated carbocycles. The predicted octanol–water partition coefficient (Wildman–Crippen LogP) is 1.49. The van der Waals surface area contributed by atoms with Crippen LogP contribution in [0.5, 0.6) is 5.75 Å². The van der Waals surface area contributed by atoms with Gasteiger partial charge in [-0.25, -0.2) is 4.79 Å². The Hall–Kier alpha value is -2.80. The summed E-state index contributed by atoms with van der Waals surface area (Å²) in [4.78, 5) is 25.5. The summed E-state index contributed by atoms with van der Waals surface area (Å²) >= 11 is 0. The zero-order valence-electron chi connectivity index (χ0n) is 15.6. The first-order valence-electron chi connectivity index (χ1n) is 8.99. The first-order valence-corrected chi connectivity index (χ1v) is 8.99. The van der Waals surface area contributed by atoms with Gasteiger partial charge >= 0.3 is 6.03 Å². The molecule has 0 aliphatic carbocycles. The Balaban J connectivity index is 1.62. The third kappa shape index (κ3) is 4.31. The standard InChI is InChI=1S/C20H25N3O4/c1-21-19(25)9-15-11-23(12-17(15)24)20(26)22-10-13-7-14-5-3-4-6-16(14)18(8-13)27-2/h3-8,15,17,24H,9-12H2,1-2H3,(H,21,25)(H,22,26)/t15-,17-/m1/s1. The van der Waals surface area contributed by atoms with Crippen molar-refractivity contribution in [2.75, 3.05) is 27.2 Å². The number of carbonyl (C=O) groups excluding carboxylic acids is 2. The molecule has 3 rings (SSSR count). The summed E-state index contributed by atoms with van der Waals surface area (Å²) in [6.45, 7) is 0.947. The van der Waals surface area contributed by atoms with Crippen LogP contribution in [0.3, 0.4) is 0 Å². The summed E-state index contributed by atoms with van der Waals surface area (Å²) in [7, 11) is 3.19. The molecule has 7 nitrogen and oxygen atoms in total. The van der Waals surface area contributed by atoms with E-state index in [0.29, 0.717) is 13.1 Å². The lowest BCUT2D eigenvalue weighted by Crippen LogP contribution is -2.38. The number of urea groups is 1. The molecule has 0 radical (unpaired) electrons. The number of hydrogen-bond donors (Lipinski definition) is 3. The minimum Gasteiger partial charge on any atom is -0.496 e. The molecule has 2 aromatic rings. The topological polar surface area (TPSA) is 90.9 Å². The summed E-state index contributed by atoms with van der Waals surface area (Å²) in [5.74, 6) is 0.389. The first-order chi connectivity index (χ1) is 13.0. The number of β-amino-alcohol motifs (C(OH)–C–C–N with tert-alkyl or cyclic N) is 1. The van der Waals surface area contributed by atoms with E-state index in [1.54, 1.807) is 19.1 Å². The molecule has 3 N–H and O–H groups in total. The molecule has 0 unspecified atom stereocenters. The molecule has 1 saturated heterocycles. The highest BCUT2D eigenvalue weighted by atomic mass is 16.5. The lowest BCUT2D eigenvalue weighted by molar-refractivity contribution is -0.122. The Bertz CT molecular complexity index is 839. The number of rotatable bonds is 5. The number of methoxy groups -OCH3 is 1. The number of fused-ring (bicyclic) bond motifs is 1. The van der Waals surface area contributed by atoms with E-state index in [9.17, 15) is 14.7 Å². The van der Waals surface area contributed by atoms with E-state index < -0.39 is 6.10 Å².